The van der Waals surface area contributed by atoms with E-state index in [0.29, 0.717) is 25.7 Å². The number of nitrogens with one attached hydrogen (secondary N) is 2. The lowest BCUT2D eigenvalue weighted by atomic mass is 10.3. The summed E-state index contributed by atoms with van der Waals surface area (Å²) in [7, 11) is -1.80. The summed E-state index contributed by atoms with van der Waals surface area (Å²) < 4.78 is 32.8. The maximum Gasteiger partial charge on any atom is 0.279 e. The average molecular weight is 295 g/mol. The summed E-state index contributed by atoms with van der Waals surface area (Å²) in [6.45, 7) is 9.97. The normalized spacial score (nSPS) is 12.8. The van der Waals surface area contributed by atoms with Crippen LogP contribution in [0.15, 0.2) is 0 Å². The van der Waals surface area contributed by atoms with Crippen molar-refractivity contribution < 1.29 is 13.2 Å². The van der Waals surface area contributed by atoms with E-state index in [1.165, 1.54) is 4.31 Å². The lowest BCUT2D eigenvalue weighted by Gasteiger charge is -2.18. The van der Waals surface area contributed by atoms with Crippen LogP contribution >= 0.6 is 0 Å². The van der Waals surface area contributed by atoms with Crippen LogP contribution in [0.5, 0.6) is 0 Å². The van der Waals surface area contributed by atoms with Gasteiger partial charge in [-0.15, -0.1) is 0 Å². The molecule has 0 unspecified atom stereocenters. The molecule has 0 fully saturated rings. The van der Waals surface area contributed by atoms with Crippen LogP contribution in [0.25, 0.3) is 0 Å². The van der Waals surface area contributed by atoms with Gasteiger partial charge in [-0.05, 0) is 26.8 Å². The highest BCUT2D eigenvalue weighted by molar-refractivity contribution is 7.87. The Morgan fingerprint density at radius 2 is 1.79 bits per heavy atom. The van der Waals surface area contributed by atoms with Crippen LogP contribution in [-0.2, 0) is 14.9 Å². The summed E-state index contributed by atoms with van der Waals surface area (Å²) in [5.74, 6) is 0. The maximum absolute atomic E-state index is 11.8. The van der Waals surface area contributed by atoms with Gasteiger partial charge in [0.1, 0.15) is 0 Å². The van der Waals surface area contributed by atoms with Gasteiger partial charge in [-0.2, -0.15) is 17.4 Å². The van der Waals surface area contributed by atoms with Crippen LogP contribution in [0, 0.1) is 0 Å². The standard InChI is InChI=1S/C12H29N3O3S/c1-11(2)13-7-6-9-15(5)19(16,17)14-8-10-18-12(3)4/h11-14H,6-10H2,1-5H3. The Balaban J connectivity index is 3.84. The van der Waals surface area contributed by atoms with Crippen molar-refractivity contribution >= 4 is 10.2 Å². The second-order valence-electron chi connectivity index (χ2n) is 5.10. The molecule has 0 radical (unpaired) electrons. The lowest BCUT2D eigenvalue weighted by molar-refractivity contribution is 0.0832. The third-order valence-electron chi connectivity index (χ3n) is 2.45. The minimum absolute atomic E-state index is 0.115. The van der Waals surface area contributed by atoms with Crippen LogP contribution in [-0.4, -0.2) is 58.2 Å². The van der Waals surface area contributed by atoms with Crippen LogP contribution in [0.1, 0.15) is 34.1 Å². The quantitative estimate of drug-likeness (QED) is 0.547. The molecule has 0 saturated carbocycles. The van der Waals surface area contributed by atoms with Crippen molar-refractivity contribution in [1.82, 2.24) is 14.3 Å². The molecule has 2 N–H and O–H groups in total. The summed E-state index contributed by atoms with van der Waals surface area (Å²) in [6, 6.07) is 0.424. The van der Waals surface area contributed by atoms with Crippen LogP contribution in [0.4, 0.5) is 0 Å². The number of hydrogen-bond acceptors (Lipinski definition) is 4. The van der Waals surface area contributed by atoms with E-state index in [-0.39, 0.29) is 6.10 Å². The molecule has 0 spiro atoms. The summed E-state index contributed by atoms with van der Waals surface area (Å²) in [5, 5.41) is 3.26. The second-order valence-corrected chi connectivity index (χ2v) is 6.96. The van der Waals surface area contributed by atoms with Gasteiger partial charge in [0.05, 0.1) is 12.7 Å². The molecule has 7 heteroatoms. The Morgan fingerprint density at radius 3 is 2.32 bits per heavy atom. The molecule has 0 saturated heterocycles. The van der Waals surface area contributed by atoms with Gasteiger partial charge in [0.25, 0.3) is 10.2 Å². The molecule has 0 aliphatic rings. The van der Waals surface area contributed by atoms with Crippen LogP contribution in [0.2, 0.25) is 0 Å². The van der Waals surface area contributed by atoms with Crippen molar-refractivity contribution in [2.24, 2.45) is 0 Å². The number of nitrogens with zero attached hydrogens (tertiary/aromatic N) is 1. The third kappa shape index (κ3) is 10.3. The molecular weight excluding hydrogens is 266 g/mol. The van der Waals surface area contributed by atoms with Gasteiger partial charge in [-0.1, -0.05) is 13.8 Å². The highest BCUT2D eigenvalue weighted by Gasteiger charge is 2.16. The van der Waals surface area contributed by atoms with E-state index < -0.39 is 10.2 Å². The van der Waals surface area contributed by atoms with Crippen molar-refractivity contribution in [1.29, 1.82) is 0 Å². The molecule has 0 aromatic rings. The van der Waals surface area contributed by atoms with E-state index in [1.807, 2.05) is 13.8 Å². The SMILES string of the molecule is CC(C)NCCCN(C)S(=O)(=O)NCCOC(C)C. The van der Waals surface area contributed by atoms with E-state index in [4.69, 9.17) is 4.74 Å². The first-order valence-corrected chi connectivity index (χ1v) is 8.25. The van der Waals surface area contributed by atoms with E-state index >= 15 is 0 Å². The fourth-order valence-electron chi connectivity index (χ4n) is 1.39. The first kappa shape index (κ1) is 18.8. The Hall–Kier alpha value is -0.210. The van der Waals surface area contributed by atoms with Gasteiger partial charge >= 0.3 is 0 Å². The van der Waals surface area contributed by atoms with Crippen molar-refractivity contribution in [2.75, 3.05) is 33.3 Å². The van der Waals surface area contributed by atoms with E-state index in [0.717, 1.165) is 13.0 Å². The zero-order chi connectivity index (χ0) is 14.9. The van der Waals surface area contributed by atoms with Gasteiger partial charge < -0.3 is 10.1 Å². The Labute approximate surface area is 118 Å². The molecule has 0 aliphatic carbocycles. The smallest absolute Gasteiger partial charge is 0.279 e. The molecular formula is C12H29N3O3S. The summed E-state index contributed by atoms with van der Waals surface area (Å²) >= 11 is 0. The average Bonchev–Trinajstić information content (AvgIpc) is 2.29. The minimum Gasteiger partial charge on any atom is -0.377 e. The monoisotopic (exact) mass is 295 g/mol. The number of rotatable bonds is 11. The summed E-state index contributed by atoms with van der Waals surface area (Å²) in [5.41, 5.74) is 0. The summed E-state index contributed by atoms with van der Waals surface area (Å²) in [6.07, 6.45) is 0.905. The maximum atomic E-state index is 11.8. The molecule has 0 aromatic carbocycles. The van der Waals surface area contributed by atoms with E-state index in [2.05, 4.69) is 23.9 Å². The van der Waals surface area contributed by atoms with Gasteiger partial charge in [-0.25, -0.2) is 0 Å². The molecule has 6 nitrogen and oxygen atoms in total. The van der Waals surface area contributed by atoms with Crippen molar-refractivity contribution in [3.63, 3.8) is 0 Å². The largest absolute Gasteiger partial charge is 0.377 e. The Bertz CT molecular complexity index is 318. The lowest BCUT2D eigenvalue weighted by Crippen LogP contribution is -2.41. The molecule has 0 aromatic heterocycles. The molecule has 0 atom stereocenters. The molecule has 0 heterocycles. The zero-order valence-electron chi connectivity index (χ0n) is 12.8. The highest BCUT2D eigenvalue weighted by Crippen LogP contribution is 1.96. The molecule has 0 rings (SSSR count). The first-order chi connectivity index (χ1) is 8.75. The van der Waals surface area contributed by atoms with E-state index in [1.54, 1.807) is 7.05 Å². The van der Waals surface area contributed by atoms with Crippen molar-refractivity contribution in [2.45, 2.75) is 46.3 Å². The van der Waals surface area contributed by atoms with Gasteiger partial charge in [0.15, 0.2) is 0 Å². The molecule has 0 bridgehead atoms. The molecule has 0 amide bonds. The topological polar surface area (TPSA) is 70.7 Å². The van der Waals surface area contributed by atoms with Gasteiger partial charge in [0, 0.05) is 26.2 Å². The van der Waals surface area contributed by atoms with Crippen LogP contribution in [0.3, 0.4) is 0 Å². The number of hydrogen-bond donors (Lipinski definition) is 2. The fraction of sp³-hybridized carbons (Fsp3) is 1.00. The molecule has 19 heavy (non-hydrogen) atoms. The molecule has 116 valence electrons. The molecule has 0 aliphatic heterocycles. The van der Waals surface area contributed by atoms with Gasteiger partial charge in [0.2, 0.25) is 0 Å². The Kier molecular flexibility index (Phi) is 9.55. The zero-order valence-corrected chi connectivity index (χ0v) is 13.6. The predicted octanol–water partition coefficient (Wildman–Crippen LogP) is 0.566. The second kappa shape index (κ2) is 9.66. The Morgan fingerprint density at radius 1 is 1.16 bits per heavy atom. The highest BCUT2D eigenvalue weighted by atomic mass is 32.2. The first-order valence-electron chi connectivity index (χ1n) is 6.81. The fourth-order valence-corrected chi connectivity index (χ4v) is 2.32. The van der Waals surface area contributed by atoms with Crippen molar-refractivity contribution in [3.05, 3.63) is 0 Å². The van der Waals surface area contributed by atoms with Gasteiger partial charge in [-0.3, -0.25) is 0 Å². The van der Waals surface area contributed by atoms with Crippen molar-refractivity contribution in [3.8, 4) is 0 Å². The predicted molar refractivity (Wildman–Crippen MR) is 78.4 cm³/mol. The minimum atomic E-state index is -3.38. The van der Waals surface area contributed by atoms with E-state index in [9.17, 15) is 8.42 Å². The van der Waals surface area contributed by atoms with Crippen LogP contribution < -0.4 is 10.0 Å². The third-order valence-corrected chi connectivity index (χ3v) is 4.02. The summed E-state index contributed by atoms with van der Waals surface area (Å²) in [4.78, 5) is 0. The number of ether oxygens (including phenoxy) is 1.